The van der Waals surface area contributed by atoms with Crippen LogP contribution in [0.25, 0.3) is 0 Å². The van der Waals surface area contributed by atoms with Crippen LogP contribution in [-0.4, -0.2) is 38.1 Å². The van der Waals surface area contributed by atoms with Gasteiger partial charge in [-0.3, -0.25) is 9.59 Å². The van der Waals surface area contributed by atoms with Crippen molar-refractivity contribution in [1.29, 1.82) is 0 Å². The van der Waals surface area contributed by atoms with Crippen molar-refractivity contribution in [2.75, 3.05) is 14.2 Å². The normalized spacial score (nSPS) is 20.7. The van der Waals surface area contributed by atoms with E-state index in [-0.39, 0.29) is 4.88 Å². The van der Waals surface area contributed by atoms with Gasteiger partial charge in [-0.2, -0.15) is 13.2 Å². The van der Waals surface area contributed by atoms with Gasteiger partial charge in [-0.25, -0.2) is 4.79 Å². The number of halogens is 3. The lowest BCUT2D eigenvalue weighted by molar-refractivity contribution is -0.154. The van der Waals surface area contributed by atoms with Crippen LogP contribution < -0.4 is 0 Å². The molecule has 1 aromatic heterocycles. The van der Waals surface area contributed by atoms with Gasteiger partial charge in [0.25, 0.3) is 0 Å². The molecule has 0 bridgehead atoms. The number of carbonyl (C=O) groups is 3. The number of esters is 2. The predicted molar refractivity (Wildman–Crippen MR) is 72.7 cm³/mol. The molecule has 1 aromatic rings. The fraction of sp³-hybridized carbons (Fsp3) is 0.357. The smallest absolute Gasteiger partial charge is 0.413 e. The van der Waals surface area contributed by atoms with Gasteiger partial charge in [-0.1, -0.05) is 6.07 Å². The molecule has 0 fully saturated rings. The third kappa shape index (κ3) is 2.88. The minimum Gasteiger partial charge on any atom is -0.469 e. The summed E-state index contributed by atoms with van der Waals surface area (Å²) in [6.07, 6.45) is -4.94. The lowest BCUT2D eigenvalue weighted by Crippen LogP contribution is -2.49. The van der Waals surface area contributed by atoms with Crippen molar-refractivity contribution in [1.82, 2.24) is 0 Å². The number of ketones is 1. The Kier molecular flexibility index (Phi) is 4.60. The molecule has 0 saturated carbocycles. The topological polar surface area (TPSA) is 69.7 Å². The van der Waals surface area contributed by atoms with E-state index in [9.17, 15) is 27.6 Å². The summed E-state index contributed by atoms with van der Waals surface area (Å²) in [4.78, 5) is 35.9. The third-order valence-corrected chi connectivity index (χ3v) is 4.34. The molecular formula is C14H11F3O5S. The number of carbonyl (C=O) groups excluding carboxylic acids is 3. The summed E-state index contributed by atoms with van der Waals surface area (Å²) in [5, 5.41) is 1.53. The van der Waals surface area contributed by atoms with E-state index in [1.807, 2.05) is 0 Å². The van der Waals surface area contributed by atoms with Gasteiger partial charge in [0, 0.05) is 0 Å². The number of allylic oxidation sites excluding steroid dienone is 1. The number of hydrogen-bond acceptors (Lipinski definition) is 6. The molecule has 1 aliphatic carbocycles. The van der Waals surface area contributed by atoms with E-state index in [0.717, 1.165) is 25.6 Å². The molecule has 2 rings (SSSR count). The molecule has 0 unspecified atom stereocenters. The first-order valence-electron chi connectivity index (χ1n) is 6.29. The highest BCUT2D eigenvalue weighted by Crippen LogP contribution is 2.51. The maximum atomic E-state index is 13.3. The maximum absolute atomic E-state index is 13.3. The summed E-state index contributed by atoms with van der Waals surface area (Å²) >= 11 is 0.950. The number of ether oxygens (including phenoxy) is 2. The maximum Gasteiger partial charge on any atom is 0.413 e. The Morgan fingerprint density at radius 1 is 1.13 bits per heavy atom. The Bertz CT molecular complexity index is 675. The van der Waals surface area contributed by atoms with Gasteiger partial charge < -0.3 is 9.47 Å². The van der Waals surface area contributed by atoms with E-state index in [1.54, 1.807) is 0 Å². The van der Waals surface area contributed by atoms with Crippen LogP contribution in [0.15, 0.2) is 28.7 Å². The predicted octanol–water partition coefficient (Wildman–Crippen LogP) is 2.38. The summed E-state index contributed by atoms with van der Waals surface area (Å²) in [5.74, 6) is -6.71. The first-order chi connectivity index (χ1) is 10.7. The molecule has 23 heavy (non-hydrogen) atoms. The second kappa shape index (κ2) is 6.15. The molecule has 9 heteroatoms. The van der Waals surface area contributed by atoms with Crippen molar-refractivity contribution in [2.45, 2.75) is 6.18 Å². The van der Waals surface area contributed by atoms with E-state index < -0.39 is 46.9 Å². The standard InChI is InChI=1S/C14H11F3O5S/c1-21-12(19)7-8(11(18)6-4-3-5-23-6)10(14(15,16)17)9(7)13(20)22-2/h3-5,7-8H,1-2H3/t7-,8-/m1/s1. The minimum absolute atomic E-state index is 0.0644. The average molecular weight is 348 g/mol. The lowest BCUT2D eigenvalue weighted by Gasteiger charge is -2.38. The van der Waals surface area contributed by atoms with E-state index in [4.69, 9.17) is 0 Å². The van der Waals surface area contributed by atoms with Gasteiger partial charge in [0.15, 0.2) is 5.78 Å². The Hall–Kier alpha value is -2.16. The first kappa shape index (κ1) is 17.2. The third-order valence-electron chi connectivity index (χ3n) is 3.46. The lowest BCUT2D eigenvalue weighted by atomic mass is 9.65. The Balaban J connectivity index is 2.57. The minimum atomic E-state index is -4.94. The van der Waals surface area contributed by atoms with E-state index in [2.05, 4.69) is 9.47 Å². The zero-order valence-electron chi connectivity index (χ0n) is 12.0. The summed E-state index contributed by atoms with van der Waals surface area (Å²) in [6, 6.07) is 2.85. The van der Waals surface area contributed by atoms with Gasteiger partial charge in [0.1, 0.15) is 5.92 Å². The fourth-order valence-corrected chi connectivity index (χ4v) is 3.19. The van der Waals surface area contributed by atoms with Crippen molar-refractivity contribution < 1.29 is 37.0 Å². The molecule has 0 amide bonds. The quantitative estimate of drug-likeness (QED) is 0.617. The molecule has 0 aliphatic heterocycles. The number of rotatable bonds is 4. The molecule has 5 nitrogen and oxygen atoms in total. The number of thiophene rings is 1. The molecule has 0 radical (unpaired) electrons. The van der Waals surface area contributed by atoms with Crippen LogP contribution in [0.2, 0.25) is 0 Å². The molecule has 2 atom stereocenters. The fourth-order valence-electron chi connectivity index (χ4n) is 2.48. The largest absolute Gasteiger partial charge is 0.469 e. The van der Waals surface area contributed by atoms with Crippen LogP contribution in [0, 0.1) is 11.8 Å². The molecule has 1 aliphatic rings. The molecule has 0 saturated heterocycles. The summed E-state index contributed by atoms with van der Waals surface area (Å²) in [5.41, 5.74) is -2.22. The van der Waals surface area contributed by atoms with Crippen LogP contribution in [-0.2, 0) is 19.1 Å². The highest BCUT2D eigenvalue weighted by Gasteiger charge is 2.61. The molecular weight excluding hydrogens is 337 g/mol. The van der Waals surface area contributed by atoms with Crippen LogP contribution >= 0.6 is 11.3 Å². The van der Waals surface area contributed by atoms with Crippen LogP contribution in [0.3, 0.4) is 0 Å². The number of alkyl halides is 3. The van der Waals surface area contributed by atoms with Crippen molar-refractivity contribution >= 4 is 29.1 Å². The average Bonchev–Trinajstić information content (AvgIpc) is 2.98. The SMILES string of the molecule is COC(=O)C1=C(C(F)(F)F)[C@H](C(=O)c2cccs2)[C@H]1C(=O)OC. The Labute approximate surface area is 132 Å². The van der Waals surface area contributed by atoms with Crippen molar-refractivity contribution in [3.63, 3.8) is 0 Å². The van der Waals surface area contributed by atoms with E-state index in [1.165, 1.54) is 17.5 Å². The van der Waals surface area contributed by atoms with Gasteiger partial charge >= 0.3 is 18.1 Å². The Morgan fingerprint density at radius 2 is 1.78 bits per heavy atom. The second-order valence-electron chi connectivity index (χ2n) is 4.64. The highest BCUT2D eigenvalue weighted by atomic mass is 32.1. The first-order valence-corrected chi connectivity index (χ1v) is 7.17. The van der Waals surface area contributed by atoms with Crippen molar-refractivity contribution in [3.05, 3.63) is 33.5 Å². The van der Waals surface area contributed by atoms with Crippen LogP contribution in [0.4, 0.5) is 13.2 Å². The summed E-state index contributed by atoms with van der Waals surface area (Å²) < 4.78 is 48.6. The number of methoxy groups -OCH3 is 2. The monoisotopic (exact) mass is 348 g/mol. The zero-order valence-corrected chi connectivity index (χ0v) is 12.8. The Morgan fingerprint density at radius 3 is 2.22 bits per heavy atom. The number of hydrogen-bond donors (Lipinski definition) is 0. The van der Waals surface area contributed by atoms with Gasteiger partial charge in [-0.15, -0.1) is 11.3 Å². The number of Topliss-reactive ketones (excluding diaryl/α,β-unsaturated/α-hetero) is 1. The molecule has 124 valence electrons. The molecule has 1 heterocycles. The van der Waals surface area contributed by atoms with Crippen molar-refractivity contribution in [2.24, 2.45) is 11.8 Å². The molecule has 0 N–H and O–H groups in total. The summed E-state index contributed by atoms with van der Waals surface area (Å²) in [6.45, 7) is 0. The van der Waals surface area contributed by atoms with Gasteiger partial charge in [0.2, 0.25) is 0 Å². The summed E-state index contributed by atoms with van der Waals surface area (Å²) in [7, 11) is 1.86. The molecule has 0 spiro atoms. The second-order valence-corrected chi connectivity index (χ2v) is 5.58. The molecule has 0 aromatic carbocycles. The van der Waals surface area contributed by atoms with E-state index >= 15 is 0 Å². The van der Waals surface area contributed by atoms with Crippen LogP contribution in [0.5, 0.6) is 0 Å². The van der Waals surface area contributed by atoms with E-state index in [0.29, 0.717) is 0 Å². The zero-order chi connectivity index (χ0) is 17.4. The van der Waals surface area contributed by atoms with Gasteiger partial charge in [0.05, 0.1) is 36.2 Å². The van der Waals surface area contributed by atoms with Crippen molar-refractivity contribution in [3.8, 4) is 0 Å². The van der Waals surface area contributed by atoms with Crippen LogP contribution in [0.1, 0.15) is 9.67 Å². The van der Waals surface area contributed by atoms with Gasteiger partial charge in [-0.05, 0) is 11.4 Å². The highest BCUT2D eigenvalue weighted by molar-refractivity contribution is 7.12.